The molecule has 3 aromatic rings. The van der Waals surface area contributed by atoms with Crippen molar-refractivity contribution in [1.29, 1.82) is 0 Å². The Bertz CT molecular complexity index is 966. The number of hydrogen-bond donors (Lipinski definition) is 0. The molecule has 2 aromatic carbocycles. The van der Waals surface area contributed by atoms with Crippen molar-refractivity contribution in [3.05, 3.63) is 95.3 Å². The molecule has 0 saturated carbocycles. The smallest absolute Gasteiger partial charge is 0.416 e. The molecule has 6 heteroatoms. The van der Waals surface area contributed by atoms with Crippen molar-refractivity contribution in [3.63, 3.8) is 0 Å². The molecule has 0 aliphatic carbocycles. The lowest BCUT2D eigenvalue weighted by molar-refractivity contribution is -0.137. The highest BCUT2D eigenvalue weighted by molar-refractivity contribution is 5.89. The number of alkyl halides is 3. The average molecular weight is 369 g/mol. The fourth-order valence-electron chi connectivity index (χ4n) is 2.30. The number of esters is 1. The van der Waals surface area contributed by atoms with Crippen LogP contribution in [0.1, 0.15) is 27.3 Å². The standard InChI is InChI=1S/C21H14F3NO2/c22-21(23,24)16-8-4-10-18(14-16)27-20(26)19-11-5-9-17(25-19)13-12-15-6-2-1-3-7-15/h1-14H. The van der Waals surface area contributed by atoms with Crippen LogP contribution in [0.25, 0.3) is 12.2 Å². The van der Waals surface area contributed by atoms with Gasteiger partial charge in [-0.1, -0.05) is 48.5 Å². The zero-order valence-electron chi connectivity index (χ0n) is 14.0. The molecule has 0 saturated heterocycles. The Kier molecular flexibility index (Phi) is 5.35. The van der Waals surface area contributed by atoms with Gasteiger partial charge in [-0.2, -0.15) is 13.2 Å². The molecule has 3 nitrogen and oxygen atoms in total. The number of benzene rings is 2. The van der Waals surface area contributed by atoms with Crippen molar-refractivity contribution in [3.8, 4) is 5.75 Å². The van der Waals surface area contributed by atoms with E-state index < -0.39 is 17.7 Å². The highest BCUT2D eigenvalue weighted by Crippen LogP contribution is 2.31. The summed E-state index contributed by atoms with van der Waals surface area (Å²) in [6.07, 6.45) is -0.941. The van der Waals surface area contributed by atoms with E-state index in [-0.39, 0.29) is 11.4 Å². The zero-order valence-corrected chi connectivity index (χ0v) is 14.0. The lowest BCUT2D eigenvalue weighted by Gasteiger charge is -2.09. The third-order valence-corrected chi connectivity index (χ3v) is 3.60. The van der Waals surface area contributed by atoms with Crippen LogP contribution in [-0.4, -0.2) is 11.0 Å². The van der Waals surface area contributed by atoms with Crippen LogP contribution in [0.2, 0.25) is 0 Å². The van der Waals surface area contributed by atoms with Crippen molar-refractivity contribution >= 4 is 18.1 Å². The lowest BCUT2D eigenvalue weighted by Crippen LogP contribution is -2.12. The molecule has 0 amide bonds. The van der Waals surface area contributed by atoms with Gasteiger partial charge in [0.25, 0.3) is 0 Å². The summed E-state index contributed by atoms with van der Waals surface area (Å²) in [7, 11) is 0. The molecule has 27 heavy (non-hydrogen) atoms. The molecule has 0 bridgehead atoms. The van der Waals surface area contributed by atoms with Gasteiger partial charge in [-0.25, -0.2) is 9.78 Å². The maximum absolute atomic E-state index is 12.7. The molecule has 136 valence electrons. The molecule has 0 fully saturated rings. The second-order valence-electron chi connectivity index (χ2n) is 5.61. The molecule has 0 radical (unpaired) electrons. The quantitative estimate of drug-likeness (QED) is 0.451. The summed E-state index contributed by atoms with van der Waals surface area (Å²) >= 11 is 0. The second-order valence-corrected chi connectivity index (χ2v) is 5.61. The van der Waals surface area contributed by atoms with Crippen LogP contribution in [0.5, 0.6) is 5.75 Å². The lowest BCUT2D eigenvalue weighted by atomic mass is 10.2. The fourth-order valence-corrected chi connectivity index (χ4v) is 2.30. The first-order valence-corrected chi connectivity index (χ1v) is 8.01. The van der Waals surface area contributed by atoms with E-state index in [1.807, 2.05) is 36.4 Å². The number of hydrogen-bond acceptors (Lipinski definition) is 3. The number of halogens is 3. The number of carbonyl (C=O) groups is 1. The van der Waals surface area contributed by atoms with Gasteiger partial charge in [0.05, 0.1) is 11.3 Å². The van der Waals surface area contributed by atoms with Crippen molar-refractivity contribution in [1.82, 2.24) is 4.98 Å². The molecule has 1 aromatic heterocycles. The van der Waals surface area contributed by atoms with E-state index in [0.29, 0.717) is 5.69 Å². The maximum Gasteiger partial charge on any atom is 0.416 e. The molecular weight excluding hydrogens is 355 g/mol. The van der Waals surface area contributed by atoms with E-state index in [1.165, 1.54) is 18.2 Å². The molecule has 0 aliphatic rings. The van der Waals surface area contributed by atoms with Crippen LogP contribution in [0.3, 0.4) is 0 Å². The summed E-state index contributed by atoms with van der Waals surface area (Å²) in [6, 6.07) is 18.5. The molecule has 0 atom stereocenters. The van der Waals surface area contributed by atoms with E-state index in [4.69, 9.17) is 4.74 Å². The van der Waals surface area contributed by atoms with Gasteiger partial charge in [0.2, 0.25) is 0 Å². The molecule has 0 N–H and O–H groups in total. The third kappa shape index (κ3) is 5.04. The van der Waals surface area contributed by atoms with E-state index in [1.54, 1.807) is 18.2 Å². The van der Waals surface area contributed by atoms with Crippen LogP contribution in [0.4, 0.5) is 13.2 Å². The third-order valence-electron chi connectivity index (χ3n) is 3.60. The minimum absolute atomic E-state index is 0.00243. The van der Waals surface area contributed by atoms with E-state index in [9.17, 15) is 18.0 Å². The van der Waals surface area contributed by atoms with Gasteiger partial charge < -0.3 is 4.74 Å². The Balaban J connectivity index is 1.75. The van der Waals surface area contributed by atoms with Crippen molar-refractivity contribution in [2.45, 2.75) is 6.18 Å². The highest BCUT2D eigenvalue weighted by Gasteiger charge is 2.30. The Hall–Kier alpha value is -3.41. The molecule has 1 heterocycles. The van der Waals surface area contributed by atoms with Crippen molar-refractivity contribution in [2.24, 2.45) is 0 Å². The van der Waals surface area contributed by atoms with E-state index in [0.717, 1.165) is 17.7 Å². The summed E-state index contributed by atoms with van der Waals surface area (Å²) in [5.74, 6) is -1.02. The predicted octanol–water partition coefficient (Wildman–Crippen LogP) is 5.49. The largest absolute Gasteiger partial charge is 0.422 e. The number of carbonyl (C=O) groups excluding carboxylic acids is 1. The number of pyridine rings is 1. The topological polar surface area (TPSA) is 39.2 Å². The zero-order chi connectivity index (χ0) is 19.3. The summed E-state index contributed by atoms with van der Waals surface area (Å²) in [6.45, 7) is 0. The van der Waals surface area contributed by atoms with Gasteiger partial charge in [-0.3, -0.25) is 0 Å². The fraction of sp³-hybridized carbons (Fsp3) is 0.0476. The number of nitrogens with zero attached hydrogens (tertiary/aromatic N) is 1. The number of rotatable bonds is 4. The Labute approximate surface area is 153 Å². The molecular formula is C21H14F3NO2. The number of ether oxygens (including phenoxy) is 1. The minimum Gasteiger partial charge on any atom is -0.422 e. The Morgan fingerprint density at radius 1 is 0.889 bits per heavy atom. The molecule has 3 rings (SSSR count). The van der Waals surface area contributed by atoms with Gasteiger partial charge in [0.15, 0.2) is 0 Å². The first kappa shape index (κ1) is 18.4. The average Bonchev–Trinajstić information content (AvgIpc) is 2.67. The summed E-state index contributed by atoms with van der Waals surface area (Å²) in [5.41, 5.74) is 0.608. The predicted molar refractivity (Wildman–Crippen MR) is 96.0 cm³/mol. The monoisotopic (exact) mass is 369 g/mol. The van der Waals surface area contributed by atoms with Crippen LogP contribution >= 0.6 is 0 Å². The van der Waals surface area contributed by atoms with E-state index in [2.05, 4.69) is 4.98 Å². The molecule has 0 aliphatic heterocycles. The van der Waals surface area contributed by atoms with Gasteiger partial charge in [0.1, 0.15) is 11.4 Å². The SMILES string of the molecule is O=C(Oc1cccc(C(F)(F)F)c1)c1cccc(C=Cc2ccccc2)n1. The van der Waals surface area contributed by atoms with Crippen LogP contribution in [-0.2, 0) is 6.18 Å². The number of aromatic nitrogens is 1. The summed E-state index contributed by atoms with van der Waals surface area (Å²) < 4.78 is 43.3. The Morgan fingerprint density at radius 2 is 1.63 bits per heavy atom. The molecule has 0 unspecified atom stereocenters. The first-order chi connectivity index (χ1) is 12.9. The Morgan fingerprint density at radius 3 is 2.37 bits per heavy atom. The van der Waals surface area contributed by atoms with Gasteiger partial charge in [-0.15, -0.1) is 0 Å². The maximum atomic E-state index is 12.7. The van der Waals surface area contributed by atoms with Gasteiger partial charge >= 0.3 is 12.1 Å². The van der Waals surface area contributed by atoms with Crippen molar-refractivity contribution < 1.29 is 22.7 Å². The minimum atomic E-state index is -4.51. The molecule has 0 spiro atoms. The first-order valence-electron chi connectivity index (χ1n) is 8.01. The van der Waals surface area contributed by atoms with Gasteiger partial charge in [0, 0.05) is 0 Å². The summed E-state index contributed by atoms with van der Waals surface area (Å²) in [4.78, 5) is 16.4. The second kappa shape index (κ2) is 7.86. The normalized spacial score (nSPS) is 11.5. The van der Waals surface area contributed by atoms with Crippen LogP contribution in [0, 0.1) is 0 Å². The highest BCUT2D eigenvalue weighted by atomic mass is 19.4. The summed E-state index contributed by atoms with van der Waals surface area (Å²) in [5, 5.41) is 0. The van der Waals surface area contributed by atoms with Crippen LogP contribution in [0.15, 0.2) is 72.8 Å². The van der Waals surface area contributed by atoms with Crippen molar-refractivity contribution in [2.75, 3.05) is 0 Å². The van der Waals surface area contributed by atoms with Crippen LogP contribution < -0.4 is 4.74 Å². The van der Waals surface area contributed by atoms with E-state index >= 15 is 0 Å². The van der Waals surface area contributed by atoms with Gasteiger partial charge in [-0.05, 0) is 42.0 Å².